The molecule has 1 aromatic carbocycles. The van der Waals surface area contributed by atoms with E-state index in [1.165, 1.54) is 0 Å². The first-order valence-corrected chi connectivity index (χ1v) is 4.33. The highest BCUT2D eigenvalue weighted by Crippen LogP contribution is 2.24. The first kappa shape index (κ1) is 10.1. The number of carbonyl (C=O) groups excluding carboxylic acids is 1. The first-order chi connectivity index (χ1) is 6.13. The van der Waals surface area contributed by atoms with Gasteiger partial charge >= 0.3 is 0 Å². The van der Waals surface area contributed by atoms with Crippen LogP contribution in [0.2, 0.25) is 5.02 Å². The van der Waals surface area contributed by atoms with Crippen molar-refractivity contribution in [1.29, 1.82) is 0 Å². The topological polar surface area (TPSA) is 26.3 Å². The van der Waals surface area contributed by atoms with Crippen LogP contribution in [0.3, 0.4) is 0 Å². The molecule has 0 saturated heterocycles. The molecule has 0 unspecified atom stereocenters. The molecule has 0 atom stereocenters. The van der Waals surface area contributed by atoms with Gasteiger partial charge in [-0.05, 0) is 24.6 Å². The molecule has 0 saturated carbocycles. The molecule has 0 aliphatic rings. The van der Waals surface area contributed by atoms with Gasteiger partial charge in [-0.2, -0.15) is 0 Å². The van der Waals surface area contributed by atoms with Crippen molar-refractivity contribution in [2.75, 3.05) is 7.11 Å². The summed E-state index contributed by atoms with van der Waals surface area (Å²) in [6, 6.07) is 5.36. The Labute approximate surface area is 82.5 Å². The van der Waals surface area contributed by atoms with E-state index in [9.17, 15) is 4.79 Å². The van der Waals surface area contributed by atoms with Crippen molar-refractivity contribution < 1.29 is 9.53 Å². The monoisotopic (exact) mass is 198 g/mol. The van der Waals surface area contributed by atoms with E-state index in [0.717, 1.165) is 5.56 Å². The quantitative estimate of drug-likeness (QED) is 0.746. The van der Waals surface area contributed by atoms with Crippen LogP contribution in [0, 0.1) is 0 Å². The third-order valence-electron chi connectivity index (χ3n) is 1.67. The molecular formula is C10H11ClO2. The van der Waals surface area contributed by atoms with Gasteiger partial charge in [-0.3, -0.25) is 4.79 Å². The SMILES string of the molecule is COc1ccc(CC(C)=O)cc1Cl. The molecule has 3 heteroatoms. The van der Waals surface area contributed by atoms with Crippen molar-refractivity contribution in [3.05, 3.63) is 28.8 Å². The minimum absolute atomic E-state index is 0.126. The van der Waals surface area contributed by atoms with Crippen LogP contribution >= 0.6 is 11.6 Å². The van der Waals surface area contributed by atoms with Crippen molar-refractivity contribution in [1.82, 2.24) is 0 Å². The molecule has 2 nitrogen and oxygen atoms in total. The highest BCUT2D eigenvalue weighted by atomic mass is 35.5. The fourth-order valence-electron chi connectivity index (χ4n) is 1.11. The highest BCUT2D eigenvalue weighted by molar-refractivity contribution is 6.32. The average molecular weight is 199 g/mol. The summed E-state index contributed by atoms with van der Waals surface area (Å²) in [5.74, 6) is 0.759. The lowest BCUT2D eigenvalue weighted by molar-refractivity contribution is -0.116. The number of ketones is 1. The largest absolute Gasteiger partial charge is 0.495 e. The highest BCUT2D eigenvalue weighted by Gasteiger charge is 2.02. The molecule has 0 heterocycles. The molecule has 0 spiro atoms. The second kappa shape index (κ2) is 4.28. The number of hydrogen-bond donors (Lipinski definition) is 0. The Hall–Kier alpha value is -1.02. The third kappa shape index (κ3) is 2.74. The number of Topliss-reactive ketones (excluding diaryl/α,β-unsaturated/α-hetero) is 1. The molecule has 0 fully saturated rings. The predicted octanol–water partition coefficient (Wildman–Crippen LogP) is 2.48. The number of carbonyl (C=O) groups is 1. The van der Waals surface area contributed by atoms with Gasteiger partial charge in [-0.25, -0.2) is 0 Å². The summed E-state index contributed by atoms with van der Waals surface area (Å²) < 4.78 is 4.99. The Kier molecular flexibility index (Phi) is 3.32. The fourth-order valence-corrected chi connectivity index (χ4v) is 1.39. The van der Waals surface area contributed by atoms with Crippen molar-refractivity contribution in [2.45, 2.75) is 13.3 Å². The molecule has 0 aromatic heterocycles. The second-order valence-electron chi connectivity index (χ2n) is 2.85. The van der Waals surface area contributed by atoms with E-state index in [2.05, 4.69) is 0 Å². The van der Waals surface area contributed by atoms with Gasteiger partial charge in [0.05, 0.1) is 12.1 Å². The van der Waals surface area contributed by atoms with Crippen LogP contribution in [0.15, 0.2) is 18.2 Å². The summed E-state index contributed by atoms with van der Waals surface area (Å²) in [5, 5.41) is 0.543. The van der Waals surface area contributed by atoms with Crippen LogP contribution in [-0.4, -0.2) is 12.9 Å². The van der Waals surface area contributed by atoms with E-state index < -0.39 is 0 Å². The van der Waals surface area contributed by atoms with E-state index in [4.69, 9.17) is 16.3 Å². The van der Waals surface area contributed by atoms with E-state index in [0.29, 0.717) is 17.2 Å². The molecule has 0 N–H and O–H groups in total. The third-order valence-corrected chi connectivity index (χ3v) is 1.96. The molecule has 0 aliphatic heterocycles. The second-order valence-corrected chi connectivity index (χ2v) is 3.25. The maximum atomic E-state index is 10.8. The van der Waals surface area contributed by atoms with E-state index >= 15 is 0 Å². The van der Waals surface area contributed by atoms with Crippen molar-refractivity contribution in [3.8, 4) is 5.75 Å². The van der Waals surface area contributed by atoms with Crippen LogP contribution in [0.4, 0.5) is 0 Å². The Balaban J connectivity index is 2.89. The van der Waals surface area contributed by atoms with Gasteiger partial charge in [0.2, 0.25) is 0 Å². The zero-order valence-corrected chi connectivity index (χ0v) is 8.39. The number of halogens is 1. The average Bonchev–Trinajstić information content (AvgIpc) is 2.03. The molecule has 0 bridgehead atoms. The zero-order valence-electron chi connectivity index (χ0n) is 7.63. The summed E-state index contributed by atoms with van der Waals surface area (Å²) in [4.78, 5) is 10.8. The zero-order chi connectivity index (χ0) is 9.84. The smallest absolute Gasteiger partial charge is 0.137 e. The summed E-state index contributed by atoms with van der Waals surface area (Å²) in [5.41, 5.74) is 0.915. The maximum absolute atomic E-state index is 10.8. The summed E-state index contributed by atoms with van der Waals surface area (Å²) >= 11 is 5.88. The first-order valence-electron chi connectivity index (χ1n) is 3.95. The number of methoxy groups -OCH3 is 1. The van der Waals surface area contributed by atoms with Gasteiger partial charge in [0.15, 0.2) is 0 Å². The minimum atomic E-state index is 0.126. The Morgan fingerprint density at radius 2 is 2.23 bits per heavy atom. The van der Waals surface area contributed by atoms with Crippen LogP contribution in [0.25, 0.3) is 0 Å². The minimum Gasteiger partial charge on any atom is -0.495 e. The molecule has 1 aromatic rings. The maximum Gasteiger partial charge on any atom is 0.137 e. The number of benzene rings is 1. The Morgan fingerprint density at radius 3 is 2.69 bits per heavy atom. The molecule has 13 heavy (non-hydrogen) atoms. The molecule has 70 valence electrons. The van der Waals surface area contributed by atoms with Crippen LogP contribution < -0.4 is 4.74 Å². The predicted molar refractivity (Wildman–Crippen MR) is 52.4 cm³/mol. The molecular weight excluding hydrogens is 188 g/mol. The van der Waals surface area contributed by atoms with E-state index in [-0.39, 0.29) is 5.78 Å². The van der Waals surface area contributed by atoms with Gasteiger partial charge in [0, 0.05) is 6.42 Å². The summed E-state index contributed by atoms with van der Waals surface area (Å²) in [6.45, 7) is 1.55. The molecule has 1 rings (SSSR count). The van der Waals surface area contributed by atoms with Gasteiger partial charge < -0.3 is 4.74 Å². The lowest BCUT2D eigenvalue weighted by Gasteiger charge is -2.04. The number of ether oxygens (including phenoxy) is 1. The van der Waals surface area contributed by atoms with Crippen LogP contribution in [0.1, 0.15) is 12.5 Å². The standard InChI is InChI=1S/C10H11ClO2/c1-7(12)5-8-3-4-10(13-2)9(11)6-8/h3-4,6H,5H2,1-2H3. The molecule has 0 amide bonds. The molecule has 0 radical (unpaired) electrons. The molecule has 0 aliphatic carbocycles. The van der Waals surface area contributed by atoms with Gasteiger partial charge in [0.1, 0.15) is 11.5 Å². The van der Waals surface area contributed by atoms with Crippen molar-refractivity contribution in [3.63, 3.8) is 0 Å². The van der Waals surface area contributed by atoms with Crippen molar-refractivity contribution >= 4 is 17.4 Å². The Morgan fingerprint density at radius 1 is 1.54 bits per heavy atom. The lowest BCUT2D eigenvalue weighted by atomic mass is 10.1. The number of rotatable bonds is 3. The van der Waals surface area contributed by atoms with E-state index in [1.807, 2.05) is 6.07 Å². The normalized spacial score (nSPS) is 9.77. The van der Waals surface area contributed by atoms with Gasteiger partial charge in [0.25, 0.3) is 0 Å². The fraction of sp³-hybridized carbons (Fsp3) is 0.300. The van der Waals surface area contributed by atoms with E-state index in [1.54, 1.807) is 26.2 Å². The lowest BCUT2D eigenvalue weighted by Crippen LogP contribution is -1.96. The summed E-state index contributed by atoms with van der Waals surface area (Å²) in [6.07, 6.45) is 0.420. The Bertz CT molecular complexity index is 321. The van der Waals surface area contributed by atoms with Gasteiger partial charge in [-0.15, -0.1) is 0 Å². The van der Waals surface area contributed by atoms with Gasteiger partial charge in [-0.1, -0.05) is 17.7 Å². The van der Waals surface area contributed by atoms with Crippen molar-refractivity contribution in [2.24, 2.45) is 0 Å². The van der Waals surface area contributed by atoms with Crippen LogP contribution in [-0.2, 0) is 11.2 Å². The van der Waals surface area contributed by atoms with Crippen LogP contribution in [0.5, 0.6) is 5.75 Å². The number of hydrogen-bond acceptors (Lipinski definition) is 2. The summed E-state index contributed by atoms with van der Waals surface area (Å²) in [7, 11) is 1.56.